The van der Waals surface area contributed by atoms with Crippen molar-refractivity contribution in [2.75, 3.05) is 6.26 Å². The number of aromatic nitrogens is 3. The zero-order valence-electron chi connectivity index (χ0n) is 20.3. The van der Waals surface area contributed by atoms with Gasteiger partial charge in [0, 0.05) is 35.8 Å². The van der Waals surface area contributed by atoms with Gasteiger partial charge in [0.1, 0.15) is 11.7 Å². The van der Waals surface area contributed by atoms with E-state index in [-0.39, 0.29) is 45.0 Å². The average molecular weight is 546 g/mol. The van der Waals surface area contributed by atoms with Crippen molar-refractivity contribution in [2.24, 2.45) is 11.1 Å². The third kappa shape index (κ3) is 5.10. The molecule has 2 aliphatic carbocycles. The maximum Gasteiger partial charge on any atom is 0.333 e. The number of carbonyl (C=O) groups excluding carboxylic acids is 2. The second-order valence-corrected chi connectivity index (χ2v) is 12.0. The van der Waals surface area contributed by atoms with Gasteiger partial charge in [-0.2, -0.15) is 13.9 Å². The van der Waals surface area contributed by atoms with Gasteiger partial charge in [0.15, 0.2) is 9.84 Å². The van der Waals surface area contributed by atoms with Crippen molar-refractivity contribution in [2.45, 2.75) is 49.3 Å². The lowest BCUT2D eigenvalue weighted by atomic mass is 9.53. The minimum absolute atomic E-state index is 0.0217. The molecule has 0 radical (unpaired) electrons. The summed E-state index contributed by atoms with van der Waals surface area (Å²) in [7, 11) is -3.68. The van der Waals surface area contributed by atoms with E-state index in [1.807, 2.05) is 0 Å². The van der Waals surface area contributed by atoms with Crippen molar-refractivity contribution in [1.82, 2.24) is 20.1 Å². The van der Waals surface area contributed by atoms with Crippen LogP contribution in [-0.2, 0) is 9.84 Å². The number of nitrogens with zero attached hydrogens (tertiary/aromatic N) is 3. The van der Waals surface area contributed by atoms with E-state index in [0.717, 1.165) is 38.1 Å². The summed E-state index contributed by atoms with van der Waals surface area (Å²) < 4.78 is 56.7. The first-order valence-electron chi connectivity index (χ1n) is 11.8. The van der Waals surface area contributed by atoms with E-state index in [2.05, 4.69) is 15.4 Å². The Bertz CT molecular complexity index is 1510. The number of sulfone groups is 1. The summed E-state index contributed by atoms with van der Waals surface area (Å²) >= 11 is 0. The Morgan fingerprint density at radius 3 is 2.55 bits per heavy atom. The Labute approximate surface area is 217 Å². The van der Waals surface area contributed by atoms with E-state index in [1.54, 1.807) is 12.1 Å². The molecule has 3 N–H and O–H groups in total. The summed E-state index contributed by atoms with van der Waals surface area (Å²) in [5.74, 6) is -0.853. The molecule has 0 saturated heterocycles. The van der Waals surface area contributed by atoms with Crippen LogP contribution in [0.4, 0.5) is 8.78 Å². The van der Waals surface area contributed by atoms with Crippen LogP contribution in [0.25, 0.3) is 11.1 Å². The van der Waals surface area contributed by atoms with Crippen LogP contribution in [0.1, 0.15) is 52.9 Å². The first-order chi connectivity index (χ1) is 17.9. The largest absolute Gasteiger partial charge is 0.474 e. The highest BCUT2D eigenvalue weighted by Crippen LogP contribution is 2.56. The molecule has 0 bridgehead atoms. The minimum Gasteiger partial charge on any atom is -0.474 e. The summed E-state index contributed by atoms with van der Waals surface area (Å²) in [6.07, 6.45) is 7.66. The predicted octanol–water partition coefficient (Wildman–Crippen LogP) is 2.96. The van der Waals surface area contributed by atoms with Gasteiger partial charge in [-0.1, -0.05) is 0 Å². The van der Waals surface area contributed by atoms with E-state index in [0.29, 0.717) is 10.2 Å². The Morgan fingerprint density at radius 2 is 1.92 bits per heavy atom. The number of halogens is 2. The van der Waals surface area contributed by atoms with E-state index in [1.165, 1.54) is 30.6 Å². The van der Waals surface area contributed by atoms with Crippen molar-refractivity contribution in [3.63, 3.8) is 0 Å². The molecule has 2 heterocycles. The number of rotatable bonds is 8. The van der Waals surface area contributed by atoms with Gasteiger partial charge in [-0.15, -0.1) is 0 Å². The number of hydrogen-bond acceptors (Lipinski definition) is 7. The SMILES string of the molecule is CS(=O)(=O)c1cc(C(=O)NC2CC3(C2)CC(Oc2ncccc2C(N)=O)C3)cc(-c2cnn(C(F)F)c2)c1. The van der Waals surface area contributed by atoms with E-state index >= 15 is 0 Å². The molecule has 0 aliphatic heterocycles. The molecule has 5 rings (SSSR count). The molecule has 1 aromatic carbocycles. The molecule has 13 heteroatoms. The summed E-state index contributed by atoms with van der Waals surface area (Å²) in [5, 5.41) is 6.52. The van der Waals surface area contributed by atoms with Gasteiger partial charge in [-0.3, -0.25) is 9.59 Å². The fourth-order valence-corrected chi connectivity index (χ4v) is 5.90. The first-order valence-corrected chi connectivity index (χ1v) is 13.7. The van der Waals surface area contributed by atoms with Gasteiger partial charge in [-0.05, 0) is 67.0 Å². The molecule has 1 spiro atoms. The number of primary amides is 1. The fraction of sp³-hybridized carbons (Fsp3) is 0.360. The molecule has 3 aromatic rings. The van der Waals surface area contributed by atoms with Crippen LogP contribution in [0, 0.1) is 5.41 Å². The molecule has 200 valence electrons. The maximum atomic E-state index is 13.0. The predicted molar refractivity (Wildman–Crippen MR) is 131 cm³/mol. The van der Waals surface area contributed by atoms with E-state index < -0.39 is 28.2 Å². The van der Waals surface area contributed by atoms with Crippen molar-refractivity contribution < 1.29 is 31.5 Å². The van der Waals surface area contributed by atoms with Gasteiger partial charge >= 0.3 is 6.55 Å². The summed E-state index contributed by atoms with van der Waals surface area (Å²) in [5.41, 5.74) is 6.29. The summed E-state index contributed by atoms with van der Waals surface area (Å²) in [6.45, 7) is -2.85. The van der Waals surface area contributed by atoms with Crippen LogP contribution in [0.5, 0.6) is 5.88 Å². The zero-order chi connectivity index (χ0) is 27.2. The van der Waals surface area contributed by atoms with Crippen LogP contribution in [0.15, 0.2) is 53.8 Å². The highest BCUT2D eigenvalue weighted by Gasteiger charge is 2.54. The molecule has 2 fully saturated rings. The lowest BCUT2D eigenvalue weighted by molar-refractivity contribution is -0.0848. The van der Waals surface area contributed by atoms with Crippen LogP contribution in [-0.4, -0.2) is 53.4 Å². The number of benzene rings is 1. The molecule has 2 aliphatic rings. The monoisotopic (exact) mass is 545 g/mol. The lowest BCUT2D eigenvalue weighted by Gasteiger charge is -2.57. The first kappa shape index (κ1) is 25.8. The second kappa shape index (κ2) is 9.46. The molecule has 10 nitrogen and oxygen atoms in total. The minimum atomic E-state index is -3.68. The molecule has 0 unspecified atom stereocenters. The number of nitrogens with two attached hydrogens (primary N) is 1. The number of alkyl halides is 2. The number of carbonyl (C=O) groups is 2. The van der Waals surface area contributed by atoms with Gasteiger partial charge in [0.05, 0.1) is 11.1 Å². The molecular weight excluding hydrogens is 520 g/mol. The van der Waals surface area contributed by atoms with Crippen molar-refractivity contribution in [3.05, 3.63) is 60.0 Å². The second-order valence-electron chi connectivity index (χ2n) is 9.95. The number of amides is 2. The Kier molecular flexibility index (Phi) is 6.41. The Hall–Kier alpha value is -3.87. The molecule has 38 heavy (non-hydrogen) atoms. The van der Waals surface area contributed by atoms with Crippen LogP contribution in [0.3, 0.4) is 0 Å². The Morgan fingerprint density at radius 1 is 1.18 bits per heavy atom. The summed E-state index contributed by atoms with van der Waals surface area (Å²) in [6, 6.07) is 7.13. The molecule has 2 aromatic heterocycles. The summed E-state index contributed by atoms with van der Waals surface area (Å²) in [4.78, 5) is 28.6. The molecule has 0 atom stereocenters. The van der Waals surface area contributed by atoms with Crippen molar-refractivity contribution in [3.8, 4) is 17.0 Å². The third-order valence-electron chi connectivity index (χ3n) is 7.06. The maximum absolute atomic E-state index is 13.0. The molecular formula is C25H25F2N5O5S. The van der Waals surface area contributed by atoms with E-state index in [9.17, 15) is 26.8 Å². The van der Waals surface area contributed by atoms with Crippen LogP contribution in [0.2, 0.25) is 0 Å². The standard InChI is InChI=1S/C25H25F2N5O5S/c1-38(35,36)19-6-14(16-12-30-32(13-16)24(26)27)5-15(7-19)22(34)31-17-8-25(9-17)10-18(11-25)37-23-20(21(28)33)3-2-4-29-23/h2-7,12-13,17-18,24H,8-11H2,1H3,(H2,28,33)(H,31,34). The smallest absolute Gasteiger partial charge is 0.333 e. The van der Waals surface area contributed by atoms with Gasteiger partial charge in [0.25, 0.3) is 11.8 Å². The van der Waals surface area contributed by atoms with Crippen molar-refractivity contribution in [1.29, 1.82) is 0 Å². The van der Waals surface area contributed by atoms with Gasteiger partial charge in [-0.25, -0.2) is 18.1 Å². The van der Waals surface area contributed by atoms with Crippen LogP contribution < -0.4 is 15.8 Å². The van der Waals surface area contributed by atoms with Crippen molar-refractivity contribution >= 4 is 21.7 Å². The quantitative estimate of drug-likeness (QED) is 0.442. The topological polar surface area (TPSA) is 146 Å². The highest BCUT2D eigenvalue weighted by molar-refractivity contribution is 7.90. The number of ether oxygens (including phenoxy) is 1. The molecule has 2 saturated carbocycles. The average Bonchev–Trinajstić information content (AvgIpc) is 3.31. The van der Waals surface area contributed by atoms with Gasteiger partial charge < -0.3 is 15.8 Å². The normalized spacial score (nSPS) is 22.5. The Balaban J connectivity index is 1.23. The van der Waals surface area contributed by atoms with Crippen LogP contribution >= 0.6 is 0 Å². The lowest BCUT2D eigenvalue weighted by Crippen LogP contribution is -2.58. The molecule has 2 amide bonds. The van der Waals surface area contributed by atoms with Gasteiger partial charge in [0.2, 0.25) is 5.88 Å². The highest BCUT2D eigenvalue weighted by atomic mass is 32.2. The van der Waals surface area contributed by atoms with E-state index in [4.69, 9.17) is 10.5 Å². The third-order valence-corrected chi connectivity index (χ3v) is 8.15. The number of nitrogens with one attached hydrogen (secondary N) is 1. The number of hydrogen-bond donors (Lipinski definition) is 2. The zero-order valence-corrected chi connectivity index (χ0v) is 21.1. The fourth-order valence-electron chi connectivity index (χ4n) is 5.21. The number of pyridine rings is 1.